The van der Waals surface area contributed by atoms with Crippen molar-refractivity contribution in [2.45, 2.75) is 0 Å². The largest absolute Gasteiger partial charge is 0.505 e. The van der Waals surface area contributed by atoms with E-state index in [1.165, 1.54) is 18.2 Å². The summed E-state index contributed by atoms with van der Waals surface area (Å²) in [6, 6.07) is 4.22. The zero-order chi connectivity index (χ0) is 14.2. The number of hydrogen-bond acceptors (Lipinski definition) is 3. The van der Waals surface area contributed by atoms with Gasteiger partial charge in [0.15, 0.2) is 5.75 Å². The van der Waals surface area contributed by atoms with Gasteiger partial charge in [0.1, 0.15) is 4.34 Å². The van der Waals surface area contributed by atoms with Crippen LogP contribution in [0.1, 0.15) is 10.4 Å². The number of hydrogen-bond donors (Lipinski definition) is 2. The van der Waals surface area contributed by atoms with Gasteiger partial charge in [-0.25, -0.2) is 0 Å². The van der Waals surface area contributed by atoms with Crippen molar-refractivity contribution < 1.29 is 9.90 Å². The first-order valence-electron chi connectivity index (χ1n) is 4.82. The molecule has 0 spiro atoms. The van der Waals surface area contributed by atoms with Crippen LogP contribution in [0.3, 0.4) is 0 Å². The quantitative estimate of drug-likeness (QED) is 0.715. The molecule has 0 aliphatic rings. The predicted molar refractivity (Wildman–Crippen MR) is 80.4 cm³/mol. The molecule has 1 aromatic carbocycles. The summed E-state index contributed by atoms with van der Waals surface area (Å²) in [4.78, 5) is 12.0. The predicted octanol–water partition coefficient (Wildman–Crippen LogP) is 5.32. The van der Waals surface area contributed by atoms with Crippen molar-refractivity contribution in [3.05, 3.63) is 42.5 Å². The lowest BCUT2D eigenvalue weighted by Crippen LogP contribution is -2.11. The third kappa shape index (κ3) is 3.27. The summed E-state index contributed by atoms with van der Waals surface area (Å²) in [5, 5.41) is 12.1. The Kier molecular flexibility index (Phi) is 4.48. The number of carbonyl (C=O) groups is 1. The van der Waals surface area contributed by atoms with Crippen molar-refractivity contribution in [1.29, 1.82) is 0 Å². The monoisotopic (exact) mass is 355 g/mol. The van der Waals surface area contributed by atoms with Gasteiger partial charge in [0.2, 0.25) is 0 Å². The average molecular weight is 357 g/mol. The normalized spacial score (nSPS) is 10.5. The van der Waals surface area contributed by atoms with E-state index >= 15 is 0 Å². The highest BCUT2D eigenvalue weighted by molar-refractivity contribution is 7.20. The second-order valence-corrected chi connectivity index (χ2v) is 6.58. The number of benzene rings is 1. The molecule has 100 valence electrons. The molecule has 0 saturated carbocycles. The average Bonchev–Trinajstić information content (AvgIpc) is 2.65. The number of halogens is 4. The fourth-order valence-electron chi connectivity index (χ4n) is 1.33. The highest BCUT2D eigenvalue weighted by Crippen LogP contribution is 2.35. The molecule has 0 radical (unpaired) electrons. The first-order valence-corrected chi connectivity index (χ1v) is 7.15. The summed E-state index contributed by atoms with van der Waals surface area (Å²) in [5.74, 6) is -0.677. The summed E-state index contributed by atoms with van der Waals surface area (Å²) in [7, 11) is 0. The van der Waals surface area contributed by atoms with Gasteiger partial charge in [-0.05, 0) is 18.2 Å². The van der Waals surface area contributed by atoms with Gasteiger partial charge in [-0.3, -0.25) is 4.79 Å². The Balaban J connectivity index is 2.27. The highest BCUT2D eigenvalue weighted by Gasteiger charge is 2.15. The van der Waals surface area contributed by atoms with Gasteiger partial charge in [0, 0.05) is 5.69 Å². The molecule has 0 aliphatic carbocycles. The molecule has 1 aromatic heterocycles. The van der Waals surface area contributed by atoms with Crippen LogP contribution in [0, 0.1) is 0 Å². The molecular weight excluding hydrogens is 352 g/mol. The summed E-state index contributed by atoms with van der Waals surface area (Å²) < 4.78 is 0.704. The lowest BCUT2D eigenvalue weighted by atomic mass is 10.2. The molecular formula is C11H5Cl4NO2S. The second kappa shape index (κ2) is 5.77. The molecule has 0 aliphatic heterocycles. The van der Waals surface area contributed by atoms with E-state index in [0.29, 0.717) is 14.4 Å². The molecule has 1 amide bonds. The number of amides is 1. The van der Waals surface area contributed by atoms with Crippen LogP contribution in [0.15, 0.2) is 18.2 Å². The lowest BCUT2D eigenvalue weighted by Gasteiger charge is -2.07. The number of thiophene rings is 1. The van der Waals surface area contributed by atoms with Crippen LogP contribution in [-0.2, 0) is 0 Å². The van der Waals surface area contributed by atoms with E-state index in [9.17, 15) is 9.90 Å². The maximum atomic E-state index is 12.0. The minimum atomic E-state index is -0.439. The number of aromatic hydroxyl groups is 1. The van der Waals surface area contributed by atoms with Crippen LogP contribution in [0.25, 0.3) is 0 Å². The van der Waals surface area contributed by atoms with Gasteiger partial charge in [-0.15, -0.1) is 11.3 Å². The van der Waals surface area contributed by atoms with Crippen molar-refractivity contribution in [1.82, 2.24) is 0 Å². The zero-order valence-electron chi connectivity index (χ0n) is 9.01. The minimum Gasteiger partial charge on any atom is -0.505 e. The third-order valence-electron chi connectivity index (χ3n) is 2.18. The van der Waals surface area contributed by atoms with E-state index < -0.39 is 5.91 Å². The van der Waals surface area contributed by atoms with E-state index in [0.717, 1.165) is 11.3 Å². The molecule has 0 unspecified atom stereocenters. The number of phenolic OH excluding ortho intramolecular Hbond substituents is 1. The molecule has 1 heterocycles. The second-order valence-electron chi connectivity index (χ2n) is 3.48. The van der Waals surface area contributed by atoms with E-state index in [1.54, 1.807) is 0 Å². The van der Waals surface area contributed by atoms with E-state index in [1.807, 2.05) is 0 Å². The fraction of sp³-hybridized carbons (Fsp3) is 0. The van der Waals surface area contributed by atoms with Crippen LogP contribution in [0.2, 0.25) is 18.7 Å². The van der Waals surface area contributed by atoms with Gasteiger partial charge in [-0.2, -0.15) is 0 Å². The molecule has 19 heavy (non-hydrogen) atoms. The van der Waals surface area contributed by atoms with Crippen LogP contribution >= 0.6 is 57.7 Å². The third-order valence-corrected chi connectivity index (χ3v) is 4.24. The van der Waals surface area contributed by atoms with Crippen LogP contribution in [0.5, 0.6) is 5.75 Å². The Labute approximate surface area is 132 Å². The Bertz CT molecular complexity index is 633. The van der Waals surface area contributed by atoms with Crippen LogP contribution in [0.4, 0.5) is 5.69 Å². The van der Waals surface area contributed by atoms with Gasteiger partial charge in [-0.1, -0.05) is 46.4 Å². The first-order chi connectivity index (χ1) is 8.88. The van der Waals surface area contributed by atoms with Gasteiger partial charge in [0.25, 0.3) is 5.91 Å². The summed E-state index contributed by atoms with van der Waals surface area (Å²) in [5.41, 5.74) is 0.605. The first kappa shape index (κ1) is 14.8. The lowest BCUT2D eigenvalue weighted by molar-refractivity contribution is 0.102. The van der Waals surface area contributed by atoms with Gasteiger partial charge < -0.3 is 10.4 Å². The minimum absolute atomic E-state index is 0.0391. The smallest absolute Gasteiger partial charge is 0.258 e. The summed E-state index contributed by atoms with van der Waals surface area (Å²) >= 11 is 24.2. The number of nitrogens with one attached hydrogen (secondary N) is 1. The highest BCUT2D eigenvalue weighted by atomic mass is 35.5. The van der Waals surface area contributed by atoms with Crippen molar-refractivity contribution in [2.75, 3.05) is 5.32 Å². The maximum Gasteiger partial charge on any atom is 0.258 e. The van der Waals surface area contributed by atoms with Crippen LogP contribution < -0.4 is 5.32 Å². The summed E-state index contributed by atoms with van der Waals surface area (Å²) in [6.45, 7) is 0. The molecule has 0 saturated heterocycles. The van der Waals surface area contributed by atoms with E-state index in [-0.39, 0.29) is 21.4 Å². The molecule has 3 nitrogen and oxygen atoms in total. The van der Waals surface area contributed by atoms with Gasteiger partial charge >= 0.3 is 0 Å². The van der Waals surface area contributed by atoms with Crippen molar-refractivity contribution in [3.63, 3.8) is 0 Å². The van der Waals surface area contributed by atoms with Crippen molar-refractivity contribution in [2.24, 2.45) is 0 Å². The van der Waals surface area contributed by atoms with Crippen molar-refractivity contribution in [3.8, 4) is 5.75 Å². The molecule has 8 heteroatoms. The molecule has 2 aromatic rings. The molecule has 0 bridgehead atoms. The van der Waals surface area contributed by atoms with Crippen LogP contribution in [-0.4, -0.2) is 11.0 Å². The molecule has 0 fully saturated rings. The molecule has 2 rings (SSSR count). The topological polar surface area (TPSA) is 49.3 Å². The fourth-order valence-corrected chi connectivity index (χ4v) is 3.28. The Morgan fingerprint density at radius 2 is 1.68 bits per heavy atom. The van der Waals surface area contributed by atoms with Crippen molar-refractivity contribution >= 4 is 69.3 Å². The number of rotatable bonds is 2. The summed E-state index contributed by atoms with van der Waals surface area (Å²) in [6.07, 6.45) is 0. The maximum absolute atomic E-state index is 12.0. The number of carbonyl (C=O) groups excluding carboxylic acids is 1. The standard InChI is InChI=1S/C11H5Cl4NO2S/c12-6-1-4(2-7(13)9(6)17)16-11(18)5-3-8(14)19-10(5)15/h1-3,17H,(H,16,18). The van der Waals surface area contributed by atoms with E-state index in [2.05, 4.69) is 5.32 Å². The zero-order valence-corrected chi connectivity index (χ0v) is 12.8. The number of anilines is 1. The molecule has 2 N–H and O–H groups in total. The number of phenols is 1. The van der Waals surface area contributed by atoms with Gasteiger partial charge in [0.05, 0.1) is 19.9 Å². The van der Waals surface area contributed by atoms with E-state index in [4.69, 9.17) is 46.4 Å². The Hall–Kier alpha value is -0.650. The molecule has 0 atom stereocenters. The Morgan fingerprint density at radius 1 is 1.11 bits per heavy atom. The SMILES string of the molecule is O=C(Nc1cc(Cl)c(O)c(Cl)c1)c1cc(Cl)sc1Cl. The Morgan fingerprint density at radius 3 is 2.16 bits per heavy atom.